The van der Waals surface area contributed by atoms with Crippen LogP contribution in [0.25, 0.3) is 11.7 Å². The Labute approximate surface area is 135 Å². The molecule has 2 aromatic heterocycles. The van der Waals surface area contributed by atoms with Crippen molar-refractivity contribution in [3.63, 3.8) is 0 Å². The summed E-state index contributed by atoms with van der Waals surface area (Å²) < 4.78 is 1.33. The number of rotatable bonds is 2. The molecule has 1 aliphatic rings. The van der Waals surface area contributed by atoms with Gasteiger partial charge in [0.05, 0.1) is 5.56 Å². The van der Waals surface area contributed by atoms with Crippen LogP contribution < -0.4 is 21.5 Å². The van der Waals surface area contributed by atoms with E-state index in [0.29, 0.717) is 5.65 Å². The summed E-state index contributed by atoms with van der Waals surface area (Å²) in [4.78, 5) is 51.9. The monoisotopic (exact) mass is 327 g/mol. The molecule has 4 amide bonds. The molecule has 1 fully saturated rings. The number of pyridine rings is 1. The second-order valence-electron chi connectivity index (χ2n) is 5.11. The Morgan fingerprint density at radius 2 is 1.83 bits per heavy atom. The first-order chi connectivity index (χ1) is 11.4. The lowest BCUT2D eigenvalue weighted by Crippen LogP contribution is -2.51. The van der Waals surface area contributed by atoms with Crippen LogP contribution in [0.3, 0.4) is 0 Å². The topological polar surface area (TPSA) is 122 Å². The summed E-state index contributed by atoms with van der Waals surface area (Å²) >= 11 is 0. The van der Waals surface area contributed by atoms with E-state index in [-0.39, 0.29) is 17.0 Å². The third-order valence-corrected chi connectivity index (χ3v) is 3.55. The van der Waals surface area contributed by atoms with Gasteiger partial charge in [-0.25, -0.2) is 9.78 Å². The Bertz CT molecular complexity index is 967. The highest BCUT2D eigenvalue weighted by molar-refractivity contribution is 6.31. The van der Waals surface area contributed by atoms with Gasteiger partial charge in [-0.1, -0.05) is 6.07 Å². The number of hydrogen-bond donors (Lipinski definition) is 3. The van der Waals surface area contributed by atoms with Gasteiger partial charge in [-0.3, -0.25) is 29.4 Å². The Balaban J connectivity index is 2.26. The molecule has 0 spiro atoms. The number of amides is 4. The second kappa shape index (κ2) is 5.61. The molecular formula is C15H13N5O4. The normalized spacial score (nSPS) is 14.4. The number of aromatic nitrogens is 2. The first-order valence-corrected chi connectivity index (χ1v) is 7.00. The van der Waals surface area contributed by atoms with Crippen LogP contribution in [0.1, 0.15) is 11.1 Å². The summed E-state index contributed by atoms with van der Waals surface area (Å²) in [5, 5.41) is 6.70. The van der Waals surface area contributed by atoms with Crippen molar-refractivity contribution in [2.75, 3.05) is 12.4 Å². The minimum absolute atomic E-state index is 0.0373. The van der Waals surface area contributed by atoms with Gasteiger partial charge in [0, 0.05) is 13.2 Å². The van der Waals surface area contributed by atoms with Crippen molar-refractivity contribution in [3.05, 3.63) is 45.4 Å². The number of imide groups is 2. The minimum Gasteiger partial charge on any atom is -0.372 e. The van der Waals surface area contributed by atoms with Gasteiger partial charge in [-0.15, -0.1) is 0 Å². The molecule has 3 N–H and O–H groups in total. The summed E-state index contributed by atoms with van der Waals surface area (Å²) in [6.45, 7) is 1.81. The molecule has 0 atom stereocenters. The molecule has 0 bridgehead atoms. The van der Waals surface area contributed by atoms with Crippen LogP contribution in [0.5, 0.6) is 0 Å². The van der Waals surface area contributed by atoms with E-state index >= 15 is 0 Å². The van der Waals surface area contributed by atoms with Crippen molar-refractivity contribution in [3.8, 4) is 0 Å². The van der Waals surface area contributed by atoms with E-state index in [9.17, 15) is 19.2 Å². The number of nitrogens with one attached hydrogen (secondary N) is 3. The molecule has 3 heterocycles. The Morgan fingerprint density at radius 3 is 2.46 bits per heavy atom. The number of carbonyl (C=O) groups excluding carboxylic acids is 3. The van der Waals surface area contributed by atoms with E-state index in [0.717, 1.165) is 11.6 Å². The maximum Gasteiger partial charge on any atom is 0.328 e. The summed E-state index contributed by atoms with van der Waals surface area (Å²) in [7, 11) is 1.57. The highest BCUT2D eigenvalue weighted by Gasteiger charge is 2.28. The molecular weight excluding hydrogens is 314 g/mol. The van der Waals surface area contributed by atoms with Crippen molar-refractivity contribution in [1.82, 2.24) is 20.0 Å². The molecule has 9 heteroatoms. The molecule has 1 aliphatic heterocycles. The van der Waals surface area contributed by atoms with Gasteiger partial charge in [0.15, 0.2) is 0 Å². The highest BCUT2D eigenvalue weighted by atomic mass is 16.2. The Kier molecular flexibility index (Phi) is 3.60. The van der Waals surface area contributed by atoms with E-state index in [1.165, 1.54) is 4.40 Å². The molecule has 0 unspecified atom stereocenters. The summed E-state index contributed by atoms with van der Waals surface area (Å²) in [5.74, 6) is -1.53. The Hall–Kier alpha value is -3.49. The zero-order valence-corrected chi connectivity index (χ0v) is 12.8. The lowest BCUT2D eigenvalue weighted by Gasteiger charge is -2.15. The van der Waals surface area contributed by atoms with Crippen LogP contribution in [0.4, 0.5) is 10.6 Å². The lowest BCUT2D eigenvalue weighted by atomic mass is 10.1. The van der Waals surface area contributed by atoms with E-state index in [1.807, 2.05) is 23.6 Å². The maximum atomic E-state index is 12.7. The van der Waals surface area contributed by atoms with Crippen LogP contribution in [-0.2, 0) is 9.59 Å². The molecule has 1 saturated heterocycles. The summed E-state index contributed by atoms with van der Waals surface area (Å²) in [6.07, 6.45) is 2.66. The quantitative estimate of drug-likeness (QED) is 0.518. The fourth-order valence-corrected chi connectivity index (χ4v) is 2.38. The molecule has 122 valence electrons. The van der Waals surface area contributed by atoms with Crippen LogP contribution in [0, 0.1) is 6.92 Å². The predicted octanol–water partition coefficient (Wildman–Crippen LogP) is -0.206. The SMILES string of the molecule is CNc1nc2c(C)cccn2c(=O)c1C=C1C(=O)NC(=O)NC1=O. The minimum atomic E-state index is -0.903. The zero-order valence-electron chi connectivity index (χ0n) is 12.8. The first kappa shape index (κ1) is 15.4. The van der Waals surface area contributed by atoms with Crippen LogP contribution in [0.15, 0.2) is 28.7 Å². The standard InChI is InChI=1S/C15H13N5O4/c1-7-4-3-5-20-11(7)17-10(16-2)8(14(20)23)6-9-12(21)18-15(24)19-13(9)22/h3-6,16H,1-2H3,(H2,18,19,21,22,24). The van der Waals surface area contributed by atoms with Crippen molar-refractivity contribution in [2.45, 2.75) is 6.92 Å². The molecule has 0 radical (unpaired) electrons. The number of anilines is 1. The van der Waals surface area contributed by atoms with Crippen LogP contribution >= 0.6 is 0 Å². The van der Waals surface area contributed by atoms with E-state index in [4.69, 9.17) is 0 Å². The number of aryl methyl sites for hydroxylation is 1. The van der Waals surface area contributed by atoms with Gasteiger partial charge in [-0.2, -0.15) is 0 Å². The third kappa shape index (κ3) is 2.41. The summed E-state index contributed by atoms with van der Waals surface area (Å²) in [5.41, 5.74) is 0.497. The molecule has 0 aromatic carbocycles. The predicted molar refractivity (Wildman–Crippen MR) is 85.4 cm³/mol. The van der Waals surface area contributed by atoms with Crippen molar-refractivity contribution < 1.29 is 14.4 Å². The van der Waals surface area contributed by atoms with Crippen LogP contribution in [-0.4, -0.2) is 34.3 Å². The van der Waals surface area contributed by atoms with Crippen LogP contribution in [0.2, 0.25) is 0 Å². The molecule has 0 saturated carbocycles. The molecule has 9 nitrogen and oxygen atoms in total. The van der Waals surface area contributed by atoms with Gasteiger partial charge in [0.2, 0.25) is 0 Å². The van der Waals surface area contributed by atoms with Crippen molar-refractivity contribution in [1.29, 1.82) is 0 Å². The van der Waals surface area contributed by atoms with Crippen molar-refractivity contribution in [2.24, 2.45) is 0 Å². The van der Waals surface area contributed by atoms with Gasteiger partial charge >= 0.3 is 6.03 Å². The van der Waals surface area contributed by atoms with E-state index < -0.39 is 23.4 Å². The molecule has 2 aromatic rings. The fourth-order valence-electron chi connectivity index (χ4n) is 2.38. The summed E-state index contributed by atoms with van der Waals surface area (Å²) in [6, 6.07) is 2.60. The number of nitrogens with zero attached hydrogens (tertiary/aromatic N) is 2. The van der Waals surface area contributed by atoms with Gasteiger partial charge in [-0.05, 0) is 24.6 Å². The lowest BCUT2D eigenvalue weighted by molar-refractivity contribution is -0.123. The smallest absolute Gasteiger partial charge is 0.328 e. The highest BCUT2D eigenvalue weighted by Crippen LogP contribution is 2.16. The first-order valence-electron chi connectivity index (χ1n) is 7.00. The van der Waals surface area contributed by atoms with E-state index in [1.54, 1.807) is 19.3 Å². The zero-order chi connectivity index (χ0) is 17.4. The average Bonchev–Trinajstić information content (AvgIpc) is 2.53. The number of carbonyl (C=O) groups is 3. The number of hydrogen-bond acceptors (Lipinski definition) is 6. The second-order valence-corrected chi connectivity index (χ2v) is 5.11. The molecule has 24 heavy (non-hydrogen) atoms. The maximum absolute atomic E-state index is 12.7. The fraction of sp³-hybridized carbons (Fsp3) is 0.133. The third-order valence-electron chi connectivity index (χ3n) is 3.55. The average molecular weight is 327 g/mol. The van der Waals surface area contributed by atoms with Gasteiger partial charge < -0.3 is 5.32 Å². The number of barbiturate groups is 1. The van der Waals surface area contributed by atoms with Crippen molar-refractivity contribution >= 4 is 35.4 Å². The van der Waals surface area contributed by atoms with E-state index in [2.05, 4.69) is 10.3 Å². The van der Waals surface area contributed by atoms with Gasteiger partial charge in [0.1, 0.15) is 17.0 Å². The number of fused-ring (bicyclic) bond motifs is 1. The molecule has 3 rings (SSSR count). The Morgan fingerprint density at radius 1 is 1.17 bits per heavy atom. The largest absolute Gasteiger partial charge is 0.372 e. The molecule has 0 aliphatic carbocycles. The van der Waals surface area contributed by atoms with Gasteiger partial charge in [0.25, 0.3) is 17.4 Å². The number of urea groups is 1.